The summed E-state index contributed by atoms with van der Waals surface area (Å²) in [6.07, 6.45) is 4.32. The Labute approximate surface area is 198 Å². The molecule has 1 aromatic heterocycles. The minimum absolute atomic E-state index is 0.0631. The number of amides is 1. The molecular formula is C25H24N4O4S. The van der Waals surface area contributed by atoms with Crippen molar-refractivity contribution in [3.63, 3.8) is 0 Å². The van der Waals surface area contributed by atoms with Crippen molar-refractivity contribution in [2.45, 2.75) is 11.3 Å². The lowest BCUT2D eigenvalue weighted by molar-refractivity contribution is 0.0954. The zero-order valence-electron chi connectivity index (χ0n) is 18.5. The van der Waals surface area contributed by atoms with Crippen LogP contribution in [-0.4, -0.2) is 37.8 Å². The van der Waals surface area contributed by atoms with Crippen LogP contribution < -0.4 is 14.8 Å². The number of hydrogen-bond donors (Lipinski definition) is 2. The molecule has 1 amide bonds. The molecule has 0 radical (unpaired) electrons. The number of carbonyl (C=O) groups excluding carboxylic acids is 1. The predicted molar refractivity (Wildman–Crippen MR) is 130 cm³/mol. The summed E-state index contributed by atoms with van der Waals surface area (Å²) in [6.45, 7) is 0.429. The van der Waals surface area contributed by atoms with Gasteiger partial charge in [-0.25, -0.2) is 13.1 Å². The second-order valence-electron chi connectivity index (χ2n) is 7.49. The van der Waals surface area contributed by atoms with Crippen molar-refractivity contribution in [3.05, 3.63) is 102 Å². The molecule has 2 N–H and O–H groups in total. The van der Waals surface area contributed by atoms with E-state index >= 15 is 0 Å². The van der Waals surface area contributed by atoms with E-state index < -0.39 is 10.0 Å². The van der Waals surface area contributed by atoms with E-state index in [9.17, 15) is 13.2 Å². The third-order valence-corrected chi connectivity index (χ3v) is 6.52. The molecule has 9 heteroatoms. The summed E-state index contributed by atoms with van der Waals surface area (Å²) < 4.78 is 34.6. The van der Waals surface area contributed by atoms with Crippen LogP contribution in [0.15, 0.2) is 96.2 Å². The third-order valence-electron chi connectivity index (χ3n) is 5.13. The SMILES string of the molecule is COc1ccc(NS(=O)(=O)c2ccc(C(=O)NCCc3cnn(-c4ccccc4)c3)cc2)cc1. The quantitative estimate of drug-likeness (QED) is 0.384. The molecule has 0 aliphatic heterocycles. The van der Waals surface area contributed by atoms with Gasteiger partial charge in [0.05, 0.1) is 23.9 Å². The summed E-state index contributed by atoms with van der Waals surface area (Å²) in [6, 6.07) is 22.1. The monoisotopic (exact) mass is 476 g/mol. The van der Waals surface area contributed by atoms with Crippen molar-refractivity contribution in [2.75, 3.05) is 18.4 Å². The number of carbonyl (C=O) groups is 1. The number of benzene rings is 3. The molecule has 8 nitrogen and oxygen atoms in total. The number of sulfonamides is 1. The van der Waals surface area contributed by atoms with Crippen molar-refractivity contribution in [1.82, 2.24) is 15.1 Å². The van der Waals surface area contributed by atoms with Crippen LogP contribution in [0.5, 0.6) is 5.75 Å². The number of anilines is 1. The molecule has 0 saturated carbocycles. The van der Waals surface area contributed by atoms with Gasteiger partial charge in [-0.3, -0.25) is 9.52 Å². The summed E-state index contributed by atoms with van der Waals surface area (Å²) in [5.74, 6) is 0.353. The molecular weight excluding hydrogens is 452 g/mol. The van der Waals surface area contributed by atoms with E-state index in [2.05, 4.69) is 15.1 Å². The lowest BCUT2D eigenvalue weighted by Crippen LogP contribution is -2.25. The average Bonchev–Trinajstić information content (AvgIpc) is 3.34. The van der Waals surface area contributed by atoms with Crippen LogP contribution in [0.1, 0.15) is 15.9 Å². The Morgan fingerprint density at radius 3 is 2.35 bits per heavy atom. The molecule has 0 atom stereocenters. The minimum Gasteiger partial charge on any atom is -0.497 e. The standard InChI is InChI=1S/C25H24N4O4S/c1-33-23-11-9-21(10-12-23)28-34(31,32)24-13-7-20(8-14-24)25(30)26-16-15-19-17-27-29(18-19)22-5-3-2-4-6-22/h2-14,17-18,28H,15-16H2,1H3,(H,26,30). The van der Waals surface area contributed by atoms with Gasteiger partial charge in [-0.15, -0.1) is 0 Å². The first-order valence-corrected chi connectivity index (χ1v) is 12.1. The highest BCUT2D eigenvalue weighted by atomic mass is 32.2. The Kier molecular flexibility index (Phi) is 6.93. The second-order valence-corrected chi connectivity index (χ2v) is 9.18. The average molecular weight is 477 g/mol. The first-order chi connectivity index (χ1) is 16.4. The molecule has 0 fully saturated rings. The van der Waals surface area contributed by atoms with E-state index in [4.69, 9.17) is 4.74 Å². The van der Waals surface area contributed by atoms with Gasteiger partial charge in [0.25, 0.3) is 15.9 Å². The van der Waals surface area contributed by atoms with Gasteiger partial charge in [0.2, 0.25) is 0 Å². The number of rotatable bonds is 9. The van der Waals surface area contributed by atoms with Crippen LogP contribution in [0, 0.1) is 0 Å². The van der Waals surface area contributed by atoms with Gasteiger partial charge in [0, 0.05) is 24.0 Å². The van der Waals surface area contributed by atoms with Crippen molar-refractivity contribution >= 4 is 21.6 Å². The topological polar surface area (TPSA) is 102 Å². The van der Waals surface area contributed by atoms with Crippen molar-refractivity contribution < 1.29 is 17.9 Å². The smallest absolute Gasteiger partial charge is 0.261 e. The summed E-state index contributed by atoms with van der Waals surface area (Å²) >= 11 is 0. The highest BCUT2D eigenvalue weighted by Crippen LogP contribution is 2.19. The van der Waals surface area contributed by atoms with Gasteiger partial charge in [-0.2, -0.15) is 5.10 Å². The van der Waals surface area contributed by atoms with Crippen LogP contribution in [0.25, 0.3) is 5.69 Å². The number of methoxy groups -OCH3 is 1. The van der Waals surface area contributed by atoms with E-state index in [-0.39, 0.29) is 10.8 Å². The molecule has 0 saturated heterocycles. The van der Waals surface area contributed by atoms with E-state index in [1.165, 1.54) is 31.4 Å². The van der Waals surface area contributed by atoms with Crippen LogP contribution in [0.3, 0.4) is 0 Å². The molecule has 0 spiro atoms. The van der Waals surface area contributed by atoms with Gasteiger partial charge >= 0.3 is 0 Å². The van der Waals surface area contributed by atoms with Gasteiger partial charge in [0.1, 0.15) is 5.75 Å². The molecule has 0 bridgehead atoms. The number of para-hydroxylation sites is 1. The van der Waals surface area contributed by atoms with E-state index in [1.54, 1.807) is 35.1 Å². The fourth-order valence-electron chi connectivity index (χ4n) is 3.29. The van der Waals surface area contributed by atoms with Gasteiger partial charge < -0.3 is 10.1 Å². The maximum Gasteiger partial charge on any atom is 0.261 e. The van der Waals surface area contributed by atoms with E-state index in [0.717, 1.165) is 11.3 Å². The number of nitrogens with zero attached hydrogens (tertiary/aromatic N) is 2. The first kappa shape index (κ1) is 23.1. The van der Waals surface area contributed by atoms with Gasteiger partial charge in [-0.05, 0) is 72.6 Å². The highest BCUT2D eigenvalue weighted by Gasteiger charge is 2.15. The van der Waals surface area contributed by atoms with Gasteiger partial charge in [0.15, 0.2) is 0 Å². The Morgan fingerprint density at radius 1 is 0.971 bits per heavy atom. The molecule has 174 valence electrons. The predicted octanol–water partition coefficient (Wildman–Crippen LogP) is 3.65. The Morgan fingerprint density at radius 2 is 1.68 bits per heavy atom. The number of aromatic nitrogens is 2. The first-order valence-electron chi connectivity index (χ1n) is 10.6. The molecule has 34 heavy (non-hydrogen) atoms. The molecule has 0 aliphatic rings. The lowest BCUT2D eigenvalue weighted by Gasteiger charge is -2.10. The third kappa shape index (κ3) is 5.62. The van der Waals surface area contributed by atoms with Crippen molar-refractivity contribution in [1.29, 1.82) is 0 Å². The van der Waals surface area contributed by atoms with E-state index in [1.807, 2.05) is 36.5 Å². The van der Waals surface area contributed by atoms with E-state index in [0.29, 0.717) is 30.0 Å². The summed E-state index contributed by atoms with van der Waals surface area (Å²) in [5, 5.41) is 7.20. The summed E-state index contributed by atoms with van der Waals surface area (Å²) in [4.78, 5) is 12.5. The van der Waals surface area contributed by atoms with Gasteiger partial charge in [-0.1, -0.05) is 18.2 Å². The fourth-order valence-corrected chi connectivity index (χ4v) is 4.35. The zero-order chi connectivity index (χ0) is 24.0. The zero-order valence-corrected chi connectivity index (χ0v) is 19.3. The molecule has 1 heterocycles. The number of hydrogen-bond acceptors (Lipinski definition) is 5. The molecule has 0 unspecified atom stereocenters. The normalized spacial score (nSPS) is 11.1. The largest absolute Gasteiger partial charge is 0.497 e. The van der Waals surface area contributed by atoms with Crippen LogP contribution in [-0.2, 0) is 16.4 Å². The number of nitrogens with one attached hydrogen (secondary N) is 2. The highest BCUT2D eigenvalue weighted by molar-refractivity contribution is 7.92. The number of ether oxygens (including phenoxy) is 1. The summed E-state index contributed by atoms with van der Waals surface area (Å²) in [7, 11) is -2.24. The minimum atomic E-state index is -3.78. The Balaban J connectivity index is 1.31. The van der Waals surface area contributed by atoms with Crippen LogP contribution >= 0.6 is 0 Å². The maximum absolute atomic E-state index is 12.6. The molecule has 3 aromatic carbocycles. The maximum atomic E-state index is 12.6. The van der Waals surface area contributed by atoms with Crippen LogP contribution in [0.2, 0.25) is 0 Å². The summed E-state index contributed by atoms with van der Waals surface area (Å²) in [5.41, 5.74) is 2.76. The fraction of sp³-hybridized carbons (Fsp3) is 0.120. The Bertz CT molecular complexity index is 1350. The molecule has 0 aliphatic carbocycles. The van der Waals surface area contributed by atoms with Crippen LogP contribution in [0.4, 0.5) is 5.69 Å². The Hall–Kier alpha value is -4.11. The molecule has 4 rings (SSSR count). The second kappa shape index (κ2) is 10.2. The van der Waals surface area contributed by atoms with Crippen molar-refractivity contribution in [2.24, 2.45) is 0 Å². The lowest BCUT2D eigenvalue weighted by atomic mass is 10.2. The van der Waals surface area contributed by atoms with Crippen molar-refractivity contribution in [3.8, 4) is 11.4 Å². The molecule has 4 aromatic rings.